The van der Waals surface area contributed by atoms with Crippen LogP contribution in [0.1, 0.15) is 25.8 Å². The van der Waals surface area contributed by atoms with Crippen molar-refractivity contribution in [1.82, 2.24) is 5.32 Å². The van der Waals surface area contributed by atoms with E-state index in [1.165, 1.54) is 0 Å². The van der Waals surface area contributed by atoms with Gasteiger partial charge in [-0.1, -0.05) is 31.5 Å². The van der Waals surface area contributed by atoms with Crippen LogP contribution >= 0.6 is 11.6 Å². The molecule has 0 radical (unpaired) electrons. The summed E-state index contributed by atoms with van der Waals surface area (Å²) in [5.41, 5.74) is 2.00. The van der Waals surface area contributed by atoms with E-state index in [1.54, 1.807) is 0 Å². The van der Waals surface area contributed by atoms with Crippen LogP contribution < -0.4 is 10.6 Å². The average molecular weight is 269 g/mol. The number of nitrogens with one attached hydrogen (secondary N) is 2. The Hall–Kier alpha value is -1.22. The minimum absolute atomic E-state index is 0.0782. The van der Waals surface area contributed by atoms with Gasteiger partial charge in [-0.2, -0.15) is 0 Å². The van der Waals surface area contributed by atoms with E-state index < -0.39 is 0 Å². The van der Waals surface area contributed by atoms with Crippen molar-refractivity contribution in [2.45, 2.75) is 27.2 Å². The molecule has 1 rings (SSSR count). The van der Waals surface area contributed by atoms with Crippen LogP contribution in [0.3, 0.4) is 0 Å². The van der Waals surface area contributed by atoms with Crippen molar-refractivity contribution in [1.29, 1.82) is 0 Å². The molecule has 1 aromatic carbocycles. The molecule has 2 N–H and O–H groups in total. The predicted molar refractivity (Wildman–Crippen MR) is 77.1 cm³/mol. The van der Waals surface area contributed by atoms with Crippen LogP contribution in [0.15, 0.2) is 18.2 Å². The molecule has 0 heterocycles. The van der Waals surface area contributed by atoms with Crippen LogP contribution in [0.4, 0.5) is 5.69 Å². The molecule has 18 heavy (non-hydrogen) atoms. The van der Waals surface area contributed by atoms with Crippen molar-refractivity contribution in [3.8, 4) is 0 Å². The highest BCUT2D eigenvalue weighted by Gasteiger charge is 2.02. The van der Waals surface area contributed by atoms with E-state index >= 15 is 0 Å². The summed E-state index contributed by atoms with van der Waals surface area (Å²) in [5.74, 6) is 0.562. The number of carbonyl (C=O) groups excluding carboxylic acids is 1. The Morgan fingerprint density at radius 1 is 1.39 bits per heavy atom. The Labute approximate surface area is 114 Å². The number of rotatable bonds is 6. The molecule has 0 aliphatic heterocycles. The number of anilines is 1. The number of hydrogen-bond acceptors (Lipinski definition) is 2. The molecule has 0 aliphatic rings. The Morgan fingerprint density at radius 3 is 2.72 bits per heavy atom. The van der Waals surface area contributed by atoms with E-state index in [1.807, 2.05) is 25.1 Å². The van der Waals surface area contributed by atoms with Crippen molar-refractivity contribution in [3.05, 3.63) is 28.8 Å². The zero-order chi connectivity index (χ0) is 13.5. The molecular weight excluding hydrogens is 248 g/mol. The second kappa shape index (κ2) is 7.27. The third kappa shape index (κ3) is 5.41. The molecule has 1 amide bonds. The Kier molecular flexibility index (Phi) is 5.99. The predicted octanol–water partition coefficient (Wildman–Crippen LogP) is 3.22. The average Bonchev–Trinajstić information content (AvgIpc) is 2.31. The SMILES string of the molecule is Cc1ccc(NCCC(=O)NCC(C)C)cc1Cl. The number of carbonyl (C=O) groups is 1. The standard InChI is InChI=1S/C14H21ClN2O/c1-10(2)9-17-14(18)6-7-16-12-5-4-11(3)13(15)8-12/h4-5,8,10,16H,6-7,9H2,1-3H3,(H,17,18). The summed E-state index contributed by atoms with van der Waals surface area (Å²) in [7, 11) is 0. The fourth-order valence-electron chi connectivity index (χ4n) is 1.43. The summed E-state index contributed by atoms with van der Waals surface area (Å²) < 4.78 is 0. The Bertz CT molecular complexity index is 405. The van der Waals surface area contributed by atoms with Crippen molar-refractivity contribution >= 4 is 23.2 Å². The quantitative estimate of drug-likeness (QED) is 0.832. The van der Waals surface area contributed by atoms with Gasteiger partial charge in [-0.25, -0.2) is 0 Å². The lowest BCUT2D eigenvalue weighted by atomic mass is 10.2. The van der Waals surface area contributed by atoms with Crippen molar-refractivity contribution in [3.63, 3.8) is 0 Å². The minimum atomic E-state index is 0.0782. The number of amides is 1. The smallest absolute Gasteiger partial charge is 0.221 e. The number of aryl methyl sites for hydroxylation is 1. The molecule has 4 heteroatoms. The van der Waals surface area contributed by atoms with Gasteiger partial charge in [0.1, 0.15) is 0 Å². The monoisotopic (exact) mass is 268 g/mol. The molecule has 0 saturated heterocycles. The van der Waals surface area contributed by atoms with Crippen LogP contribution in [-0.4, -0.2) is 19.0 Å². The largest absolute Gasteiger partial charge is 0.384 e. The van der Waals surface area contributed by atoms with Crippen LogP contribution in [-0.2, 0) is 4.79 Å². The maximum Gasteiger partial charge on any atom is 0.221 e. The van der Waals surface area contributed by atoms with Crippen LogP contribution in [0.2, 0.25) is 5.02 Å². The molecule has 100 valence electrons. The Morgan fingerprint density at radius 2 is 2.11 bits per heavy atom. The molecule has 0 unspecified atom stereocenters. The third-order valence-corrected chi connectivity index (χ3v) is 2.97. The second-order valence-electron chi connectivity index (χ2n) is 4.84. The molecule has 0 aromatic heterocycles. The number of hydrogen-bond donors (Lipinski definition) is 2. The van der Waals surface area contributed by atoms with Gasteiger partial charge in [0.2, 0.25) is 5.91 Å². The summed E-state index contributed by atoms with van der Waals surface area (Å²) in [6.45, 7) is 7.46. The van der Waals surface area contributed by atoms with Gasteiger partial charge in [0.15, 0.2) is 0 Å². The van der Waals surface area contributed by atoms with Crippen LogP contribution in [0.25, 0.3) is 0 Å². The molecule has 0 aliphatic carbocycles. The Balaban J connectivity index is 2.28. The van der Waals surface area contributed by atoms with Crippen molar-refractivity contribution in [2.24, 2.45) is 5.92 Å². The normalized spacial score (nSPS) is 10.5. The lowest BCUT2D eigenvalue weighted by Crippen LogP contribution is -2.28. The zero-order valence-corrected chi connectivity index (χ0v) is 12.0. The van der Waals surface area contributed by atoms with Gasteiger partial charge in [0, 0.05) is 30.2 Å². The molecule has 0 bridgehead atoms. The van der Waals surface area contributed by atoms with E-state index in [4.69, 9.17) is 11.6 Å². The maximum atomic E-state index is 11.5. The van der Waals surface area contributed by atoms with E-state index in [0.717, 1.165) is 22.8 Å². The van der Waals surface area contributed by atoms with E-state index in [2.05, 4.69) is 24.5 Å². The summed E-state index contributed by atoms with van der Waals surface area (Å²) in [4.78, 5) is 11.5. The summed E-state index contributed by atoms with van der Waals surface area (Å²) in [5, 5.41) is 6.81. The lowest BCUT2D eigenvalue weighted by molar-refractivity contribution is -0.120. The van der Waals surface area contributed by atoms with E-state index in [-0.39, 0.29) is 5.91 Å². The van der Waals surface area contributed by atoms with Gasteiger partial charge < -0.3 is 10.6 Å². The van der Waals surface area contributed by atoms with Gasteiger partial charge in [-0.3, -0.25) is 4.79 Å². The molecule has 0 atom stereocenters. The van der Waals surface area contributed by atoms with Crippen molar-refractivity contribution in [2.75, 3.05) is 18.4 Å². The van der Waals surface area contributed by atoms with Crippen LogP contribution in [0.5, 0.6) is 0 Å². The van der Waals surface area contributed by atoms with Gasteiger partial charge in [0.25, 0.3) is 0 Å². The first-order chi connectivity index (χ1) is 8.49. The molecule has 3 nitrogen and oxygen atoms in total. The van der Waals surface area contributed by atoms with Gasteiger partial charge in [-0.15, -0.1) is 0 Å². The number of halogens is 1. The first kappa shape index (κ1) is 14.8. The molecular formula is C14H21ClN2O. The maximum absolute atomic E-state index is 11.5. The highest BCUT2D eigenvalue weighted by molar-refractivity contribution is 6.31. The van der Waals surface area contributed by atoms with E-state index in [0.29, 0.717) is 18.9 Å². The molecule has 0 fully saturated rings. The van der Waals surface area contributed by atoms with Gasteiger partial charge in [0.05, 0.1) is 0 Å². The first-order valence-corrected chi connectivity index (χ1v) is 6.63. The van der Waals surface area contributed by atoms with E-state index in [9.17, 15) is 4.79 Å². The lowest BCUT2D eigenvalue weighted by Gasteiger charge is -2.09. The zero-order valence-electron chi connectivity index (χ0n) is 11.2. The molecule has 0 saturated carbocycles. The minimum Gasteiger partial charge on any atom is -0.384 e. The topological polar surface area (TPSA) is 41.1 Å². The highest BCUT2D eigenvalue weighted by atomic mass is 35.5. The fourth-order valence-corrected chi connectivity index (χ4v) is 1.61. The van der Waals surface area contributed by atoms with Crippen LogP contribution in [0, 0.1) is 12.8 Å². The number of benzene rings is 1. The molecule has 1 aromatic rings. The fraction of sp³-hybridized carbons (Fsp3) is 0.500. The third-order valence-electron chi connectivity index (χ3n) is 2.56. The van der Waals surface area contributed by atoms with Crippen molar-refractivity contribution < 1.29 is 4.79 Å². The summed E-state index contributed by atoms with van der Waals surface area (Å²) in [6, 6.07) is 5.81. The highest BCUT2D eigenvalue weighted by Crippen LogP contribution is 2.19. The van der Waals surface area contributed by atoms with Gasteiger partial charge in [-0.05, 0) is 30.5 Å². The summed E-state index contributed by atoms with van der Waals surface area (Å²) in [6.07, 6.45) is 0.470. The summed E-state index contributed by atoms with van der Waals surface area (Å²) >= 11 is 6.02. The molecule has 0 spiro atoms. The second-order valence-corrected chi connectivity index (χ2v) is 5.25. The first-order valence-electron chi connectivity index (χ1n) is 6.25. The van der Waals surface area contributed by atoms with Gasteiger partial charge >= 0.3 is 0 Å².